The second kappa shape index (κ2) is 5.47. The Balaban J connectivity index is 1.90. The third-order valence-corrected chi connectivity index (χ3v) is 5.36. The molecule has 2 nitrogen and oxygen atoms in total. The number of fused-ring (bicyclic) bond motifs is 1. The van der Waals surface area contributed by atoms with Crippen molar-refractivity contribution in [2.45, 2.75) is 25.6 Å². The minimum atomic E-state index is -4.29. The van der Waals surface area contributed by atoms with Gasteiger partial charge in [-0.25, -0.2) is 0 Å². The number of alkyl halides is 3. The summed E-state index contributed by atoms with van der Waals surface area (Å²) in [7, 11) is 0. The maximum atomic E-state index is 12.8. The molecule has 0 aliphatic carbocycles. The lowest BCUT2D eigenvalue weighted by molar-refractivity contribution is -0.137. The van der Waals surface area contributed by atoms with E-state index in [0.29, 0.717) is 22.4 Å². The second-order valence-electron chi connectivity index (χ2n) is 5.87. The largest absolute Gasteiger partial charge is 0.416 e. The molecule has 2 heterocycles. The maximum absolute atomic E-state index is 12.8. The smallest absolute Gasteiger partial charge is 0.367 e. The topological polar surface area (TPSA) is 15.3 Å². The fourth-order valence-corrected chi connectivity index (χ4v) is 4.35. The highest BCUT2D eigenvalue weighted by Crippen LogP contribution is 2.42. The molecule has 0 radical (unpaired) electrons. The van der Waals surface area contributed by atoms with Crippen LogP contribution in [0.1, 0.15) is 18.9 Å². The van der Waals surface area contributed by atoms with Gasteiger partial charge in [-0.2, -0.15) is 13.2 Å². The summed E-state index contributed by atoms with van der Waals surface area (Å²) in [5, 5.41) is 3.42. The van der Waals surface area contributed by atoms with E-state index in [9.17, 15) is 13.2 Å². The van der Waals surface area contributed by atoms with Crippen LogP contribution in [0.2, 0.25) is 0 Å². The van der Waals surface area contributed by atoms with E-state index < -0.39 is 11.7 Å². The molecule has 6 heteroatoms. The molecule has 1 N–H and O–H groups in total. The summed E-state index contributed by atoms with van der Waals surface area (Å²) in [6, 6.07) is 4.37. The van der Waals surface area contributed by atoms with Gasteiger partial charge in [-0.3, -0.25) is 0 Å². The van der Waals surface area contributed by atoms with E-state index in [1.54, 1.807) is 6.07 Å². The molecule has 1 aromatic rings. The standard InChI is InChI=1S/C15H18BrF3N2/c1-2-13-11-7-20-6-9(11)8-21(13)14-4-3-10(5-12(14)16)15(17,18)19/h3-5,9,11,13,20H,2,6-8H2,1H3. The molecule has 0 amide bonds. The van der Waals surface area contributed by atoms with Crippen LogP contribution in [0.4, 0.5) is 18.9 Å². The summed E-state index contributed by atoms with van der Waals surface area (Å²) < 4.78 is 38.8. The predicted octanol–water partition coefficient (Wildman–Crippen LogP) is 3.90. The van der Waals surface area contributed by atoms with Gasteiger partial charge in [0.05, 0.1) is 11.3 Å². The van der Waals surface area contributed by atoms with Crippen LogP contribution in [0.15, 0.2) is 22.7 Å². The number of rotatable bonds is 2. The lowest BCUT2D eigenvalue weighted by Crippen LogP contribution is -2.35. The Bertz CT molecular complexity index is 532. The Kier molecular flexibility index (Phi) is 3.94. The van der Waals surface area contributed by atoms with Crippen LogP contribution in [0, 0.1) is 11.8 Å². The van der Waals surface area contributed by atoms with E-state index in [2.05, 4.69) is 33.1 Å². The van der Waals surface area contributed by atoms with E-state index >= 15 is 0 Å². The molecule has 21 heavy (non-hydrogen) atoms. The van der Waals surface area contributed by atoms with Crippen LogP contribution in [-0.4, -0.2) is 25.7 Å². The number of nitrogens with zero attached hydrogens (tertiary/aromatic N) is 1. The van der Waals surface area contributed by atoms with Gasteiger partial charge in [-0.15, -0.1) is 0 Å². The van der Waals surface area contributed by atoms with E-state index in [4.69, 9.17) is 0 Å². The van der Waals surface area contributed by atoms with E-state index in [-0.39, 0.29) is 0 Å². The van der Waals surface area contributed by atoms with Gasteiger partial charge >= 0.3 is 6.18 Å². The third-order valence-electron chi connectivity index (χ3n) is 4.72. The quantitative estimate of drug-likeness (QED) is 0.858. The van der Waals surface area contributed by atoms with Crippen LogP contribution in [0.3, 0.4) is 0 Å². The van der Waals surface area contributed by atoms with Gasteiger partial charge in [-0.05, 0) is 52.4 Å². The SMILES string of the molecule is CCC1C2CNCC2CN1c1ccc(C(F)(F)F)cc1Br. The molecule has 2 fully saturated rings. The number of hydrogen-bond acceptors (Lipinski definition) is 2. The summed E-state index contributed by atoms with van der Waals surface area (Å²) in [6.45, 7) is 5.09. The highest BCUT2D eigenvalue weighted by Gasteiger charge is 2.43. The molecule has 2 aliphatic rings. The van der Waals surface area contributed by atoms with Gasteiger partial charge in [0.2, 0.25) is 0 Å². The number of hydrogen-bond donors (Lipinski definition) is 1. The van der Waals surface area contributed by atoms with Gasteiger partial charge in [0, 0.05) is 30.1 Å². The Morgan fingerprint density at radius 2 is 2.10 bits per heavy atom. The molecule has 0 bridgehead atoms. The normalized spacial score (nSPS) is 29.0. The molecule has 2 aliphatic heterocycles. The van der Waals surface area contributed by atoms with E-state index in [1.807, 2.05) is 0 Å². The summed E-state index contributed by atoms with van der Waals surface area (Å²) in [4.78, 5) is 2.28. The lowest BCUT2D eigenvalue weighted by atomic mass is 9.93. The Morgan fingerprint density at radius 3 is 2.71 bits per heavy atom. The fourth-order valence-electron chi connectivity index (χ4n) is 3.74. The molecule has 2 saturated heterocycles. The zero-order chi connectivity index (χ0) is 15.2. The van der Waals surface area contributed by atoms with Crippen LogP contribution in [-0.2, 0) is 6.18 Å². The molecular weight excluding hydrogens is 345 g/mol. The summed E-state index contributed by atoms with van der Waals surface area (Å²) in [5.74, 6) is 1.20. The van der Waals surface area contributed by atoms with E-state index in [1.165, 1.54) is 12.1 Å². The molecule has 0 aromatic heterocycles. The molecule has 0 saturated carbocycles. The van der Waals surface area contributed by atoms with Crippen molar-refractivity contribution >= 4 is 21.6 Å². The first-order valence-corrected chi connectivity index (χ1v) is 8.05. The lowest BCUT2D eigenvalue weighted by Gasteiger charge is -2.30. The van der Waals surface area contributed by atoms with Crippen molar-refractivity contribution in [2.75, 3.05) is 24.5 Å². The molecule has 116 valence electrons. The first-order chi connectivity index (χ1) is 9.91. The molecular formula is C15H18BrF3N2. The fraction of sp³-hybridized carbons (Fsp3) is 0.600. The molecule has 3 rings (SSSR count). The van der Waals surface area contributed by atoms with Gasteiger partial charge in [0.25, 0.3) is 0 Å². The Labute approximate surface area is 130 Å². The van der Waals surface area contributed by atoms with Crippen molar-refractivity contribution in [2.24, 2.45) is 11.8 Å². The second-order valence-corrected chi connectivity index (χ2v) is 6.73. The number of anilines is 1. The Morgan fingerprint density at radius 1 is 1.33 bits per heavy atom. The minimum Gasteiger partial charge on any atom is -0.367 e. The maximum Gasteiger partial charge on any atom is 0.416 e. The van der Waals surface area contributed by atoms with Crippen molar-refractivity contribution in [1.82, 2.24) is 5.32 Å². The van der Waals surface area contributed by atoms with Crippen molar-refractivity contribution in [3.63, 3.8) is 0 Å². The van der Waals surface area contributed by atoms with Gasteiger partial charge in [0.15, 0.2) is 0 Å². The van der Waals surface area contributed by atoms with Crippen molar-refractivity contribution in [3.05, 3.63) is 28.2 Å². The molecule has 1 aromatic carbocycles. The van der Waals surface area contributed by atoms with Crippen molar-refractivity contribution in [3.8, 4) is 0 Å². The highest BCUT2D eigenvalue weighted by atomic mass is 79.9. The highest BCUT2D eigenvalue weighted by molar-refractivity contribution is 9.10. The van der Waals surface area contributed by atoms with E-state index in [0.717, 1.165) is 31.7 Å². The summed E-state index contributed by atoms with van der Waals surface area (Å²) in [5.41, 5.74) is 0.275. The van der Waals surface area contributed by atoms with Crippen molar-refractivity contribution in [1.29, 1.82) is 0 Å². The molecule has 3 unspecified atom stereocenters. The monoisotopic (exact) mass is 362 g/mol. The summed E-state index contributed by atoms with van der Waals surface area (Å²) >= 11 is 3.33. The predicted molar refractivity (Wildman–Crippen MR) is 80.4 cm³/mol. The van der Waals surface area contributed by atoms with Crippen molar-refractivity contribution < 1.29 is 13.2 Å². The number of halogens is 4. The van der Waals surface area contributed by atoms with Gasteiger partial charge in [-0.1, -0.05) is 6.92 Å². The zero-order valence-corrected chi connectivity index (χ0v) is 13.3. The average molecular weight is 363 g/mol. The molecule has 0 spiro atoms. The zero-order valence-electron chi connectivity index (χ0n) is 11.8. The summed E-state index contributed by atoms with van der Waals surface area (Å²) in [6.07, 6.45) is -3.28. The third kappa shape index (κ3) is 2.68. The molecule has 3 atom stereocenters. The van der Waals surface area contributed by atoms with Crippen LogP contribution < -0.4 is 10.2 Å². The first kappa shape index (κ1) is 15.2. The van der Waals surface area contributed by atoms with Crippen LogP contribution >= 0.6 is 15.9 Å². The first-order valence-electron chi connectivity index (χ1n) is 7.26. The number of benzene rings is 1. The average Bonchev–Trinajstić information content (AvgIpc) is 2.97. The Hall–Kier alpha value is -0.750. The van der Waals surface area contributed by atoms with Crippen LogP contribution in [0.25, 0.3) is 0 Å². The minimum absolute atomic E-state index is 0.401. The van der Waals surface area contributed by atoms with Crippen LogP contribution in [0.5, 0.6) is 0 Å². The number of nitrogens with one attached hydrogen (secondary N) is 1. The van der Waals surface area contributed by atoms with Gasteiger partial charge < -0.3 is 10.2 Å². The van der Waals surface area contributed by atoms with Gasteiger partial charge in [0.1, 0.15) is 0 Å².